The van der Waals surface area contributed by atoms with Crippen LogP contribution in [0.25, 0.3) is 0 Å². The van der Waals surface area contributed by atoms with E-state index < -0.39 is 74.9 Å². The second-order valence-corrected chi connectivity index (χ2v) is 6.89. The zero-order valence-electron chi connectivity index (χ0n) is 27.8. The minimum Gasteiger partial charge on any atom is -0.633 e. The fraction of sp³-hybridized carbons (Fsp3) is 0.364. The smallest absolute Gasteiger partial charge is 0.196 e. The SMILES string of the molecule is [2H]C([2H])([2H])[N+]([O-])(CCNc1cccc2c1C(=O)c1cccc(NCC[N+]([O-])(C([2H])([2H])[2H])C([2H])([2H])[2H])c1C2=O)C([2H])([2H])[2H]. The van der Waals surface area contributed by atoms with Crippen molar-refractivity contribution in [3.05, 3.63) is 69.1 Å². The predicted octanol–water partition coefficient (Wildman–Crippen LogP) is 2.43. The lowest BCUT2D eigenvalue weighted by molar-refractivity contribution is -0.838. The number of quaternary nitrogens is 2. The average Bonchev–Trinajstić information content (AvgIpc) is 2.84. The highest BCUT2D eigenvalue weighted by Crippen LogP contribution is 2.35. The number of carbonyl (C=O) groups is 2. The average molecular weight is 425 g/mol. The fourth-order valence-corrected chi connectivity index (χ4v) is 3.23. The third kappa shape index (κ3) is 4.85. The van der Waals surface area contributed by atoms with Gasteiger partial charge in [0.2, 0.25) is 0 Å². The van der Waals surface area contributed by atoms with E-state index in [0.29, 0.717) is 0 Å². The largest absolute Gasteiger partial charge is 0.633 e. The normalized spacial score (nSPS) is 21.3. The maximum absolute atomic E-state index is 13.5. The van der Waals surface area contributed by atoms with Gasteiger partial charge in [0.05, 0.1) is 81.7 Å². The van der Waals surface area contributed by atoms with Gasteiger partial charge in [-0.25, -0.2) is 0 Å². The molecule has 1 aliphatic carbocycles. The lowest BCUT2D eigenvalue weighted by Gasteiger charge is -2.34. The van der Waals surface area contributed by atoms with Crippen LogP contribution in [0.5, 0.6) is 0 Å². The van der Waals surface area contributed by atoms with E-state index in [2.05, 4.69) is 10.6 Å². The first kappa shape index (κ1) is 11.0. The number of benzene rings is 2. The van der Waals surface area contributed by atoms with Crippen LogP contribution in [0, 0.1) is 10.4 Å². The number of carbonyl (C=O) groups excluding carboxylic acids is 2. The van der Waals surface area contributed by atoms with Crippen LogP contribution in [0.1, 0.15) is 48.3 Å². The number of hydrogen-bond donors (Lipinski definition) is 2. The van der Waals surface area contributed by atoms with Gasteiger partial charge in [-0.2, -0.15) is 0 Å². The van der Waals surface area contributed by atoms with Crippen LogP contribution < -0.4 is 10.6 Å². The molecule has 0 aliphatic heterocycles. The quantitative estimate of drug-likeness (QED) is 0.425. The Morgan fingerprint density at radius 2 is 1.17 bits per heavy atom. The summed E-state index contributed by atoms with van der Waals surface area (Å²) in [6.07, 6.45) is 0. The highest BCUT2D eigenvalue weighted by atomic mass is 16.5. The summed E-state index contributed by atoms with van der Waals surface area (Å²) in [6.45, 7) is -16.4. The van der Waals surface area contributed by atoms with Crippen molar-refractivity contribution in [3.63, 3.8) is 0 Å². The van der Waals surface area contributed by atoms with Crippen molar-refractivity contribution in [2.75, 3.05) is 64.7 Å². The van der Waals surface area contributed by atoms with Crippen molar-refractivity contribution in [2.45, 2.75) is 0 Å². The fourth-order valence-electron chi connectivity index (χ4n) is 3.23. The summed E-state index contributed by atoms with van der Waals surface area (Å²) in [5, 5.41) is 30.9. The third-order valence-corrected chi connectivity index (χ3v) is 4.56. The van der Waals surface area contributed by atoms with Crippen LogP contribution in [-0.4, -0.2) is 74.9 Å². The van der Waals surface area contributed by atoms with Crippen molar-refractivity contribution in [1.29, 1.82) is 0 Å². The Balaban J connectivity index is 1.89. The Morgan fingerprint density at radius 1 is 0.767 bits per heavy atom. The predicted molar refractivity (Wildman–Crippen MR) is 117 cm³/mol. The Morgan fingerprint density at radius 3 is 1.53 bits per heavy atom. The molecule has 2 N–H and O–H groups in total. The highest BCUT2D eigenvalue weighted by Gasteiger charge is 2.33. The first-order valence-electron chi connectivity index (χ1n) is 15.0. The Bertz CT molecular complexity index is 1240. The molecule has 0 heterocycles. The molecule has 8 nitrogen and oxygen atoms in total. The minimum absolute atomic E-state index is 0.0567. The highest BCUT2D eigenvalue weighted by molar-refractivity contribution is 6.31. The number of nitrogens with one attached hydrogen (secondary N) is 2. The molecule has 0 radical (unpaired) electrons. The molecule has 0 amide bonds. The molecule has 160 valence electrons. The molecule has 0 atom stereocenters. The van der Waals surface area contributed by atoms with E-state index in [9.17, 15) is 20.0 Å². The lowest BCUT2D eigenvalue weighted by atomic mass is 9.82. The van der Waals surface area contributed by atoms with Gasteiger partial charge in [0, 0.05) is 22.5 Å². The first-order chi connectivity index (χ1) is 19.0. The van der Waals surface area contributed by atoms with E-state index in [1.807, 2.05) is 0 Å². The second-order valence-electron chi connectivity index (χ2n) is 6.89. The number of hydroxylamine groups is 6. The lowest BCUT2D eigenvalue weighted by Crippen LogP contribution is -2.37. The van der Waals surface area contributed by atoms with Crippen molar-refractivity contribution >= 4 is 22.9 Å². The molecule has 0 bridgehead atoms. The molecule has 2 aromatic carbocycles. The maximum Gasteiger partial charge on any atom is 0.196 e. The number of likely N-dealkylation sites (N-methyl/N-ethyl adjacent to an activating group) is 2. The molecular formula is C22H28N4O4. The van der Waals surface area contributed by atoms with Crippen LogP contribution in [0.4, 0.5) is 11.4 Å². The van der Waals surface area contributed by atoms with Gasteiger partial charge in [-0.1, -0.05) is 24.3 Å². The molecule has 3 rings (SSSR count). The van der Waals surface area contributed by atoms with Gasteiger partial charge in [0.15, 0.2) is 11.6 Å². The Labute approximate surface area is 193 Å². The molecule has 0 fully saturated rings. The van der Waals surface area contributed by atoms with E-state index in [-0.39, 0.29) is 33.6 Å². The third-order valence-electron chi connectivity index (χ3n) is 4.56. The minimum atomic E-state index is -3.41. The van der Waals surface area contributed by atoms with Gasteiger partial charge in [-0.3, -0.25) is 9.59 Å². The monoisotopic (exact) mass is 424 g/mol. The summed E-state index contributed by atoms with van der Waals surface area (Å²) in [5.74, 6) is -1.28. The van der Waals surface area contributed by atoms with E-state index in [1.165, 1.54) is 36.4 Å². The first-order valence-corrected chi connectivity index (χ1v) is 9.00. The maximum atomic E-state index is 13.5. The molecule has 0 saturated carbocycles. The van der Waals surface area contributed by atoms with Gasteiger partial charge in [-0.15, -0.1) is 0 Å². The van der Waals surface area contributed by atoms with Gasteiger partial charge in [0.1, 0.15) is 0 Å². The van der Waals surface area contributed by atoms with Crippen molar-refractivity contribution in [3.8, 4) is 0 Å². The van der Waals surface area contributed by atoms with E-state index in [0.717, 1.165) is 0 Å². The van der Waals surface area contributed by atoms with Crippen molar-refractivity contribution < 1.29 is 35.3 Å². The molecule has 0 aromatic heterocycles. The number of rotatable bonds is 8. The van der Waals surface area contributed by atoms with Crippen LogP contribution in [0.2, 0.25) is 0 Å². The van der Waals surface area contributed by atoms with Crippen molar-refractivity contribution in [2.24, 2.45) is 0 Å². The van der Waals surface area contributed by atoms with Crippen LogP contribution in [-0.2, 0) is 0 Å². The molecule has 8 heteroatoms. The Hall–Kier alpha value is -2.78. The number of nitrogens with zero attached hydrogens (tertiary/aromatic N) is 2. The number of anilines is 2. The van der Waals surface area contributed by atoms with Gasteiger partial charge in [0.25, 0.3) is 0 Å². The molecule has 0 spiro atoms. The summed E-state index contributed by atoms with van der Waals surface area (Å²) >= 11 is 0. The van der Waals surface area contributed by atoms with Gasteiger partial charge >= 0.3 is 0 Å². The second kappa shape index (κ2) is 8.16. The molecule has 1 aliphatic rings. The standard InChI is InChI=1S/C22H28N4O4/c1-25(2,29)13-11-23-17-9-5-7-15-19(17)21(27)16-8-6-10-18(20(16)22(15)28)24-12-14-26(3,4)30/h5-10,23-24H,11-14H2,1-4H3/i1D3,2D3,3D3,4D3. The van der Waals surface area contributed by atoms with E-state index in [4.69, 9.17) is 16.4 Å². The number of ketones is 2. The molecule has 30 heavy (non-hydrogen) atoms. The number of hydrogen-bond acceptors (Lipinski definition) is 6. The zero-order chi connectivity index (χ0) is 32.1. The molecular weight excluding hydrogens is 384 g/mol. The van der Waals surface area contributed by atoms with Crippen LogP contribution in [0.15, 0.2) is 36.4 Å². The van der Waals surface area contributed by atoms with Gasteiger partial charge < -0.3 is 30.3 Å². The van der Waals surface area contributed by atoms with Crippen molar-refractivity contribution in [1.82, 2.24) is 0 Å². The summed E-state index contributed by atoms with van der Waals surface area (Å²) in [6, 6.07) is 8.32. The summed E-state index contributed by atoms with van der Waals surface area (Å²) < 4.78 is 83.9. The summed E-state index contributed by atoms with van der Waals surface area (Å²) in [4.78, 5) is 27.1. The Kier molecular flexibility index (Phi) is 2.99. The molecule has 0 unspecified atom stereocenters. The van der Waals surface area contributed by atoms with Crippen LogP contribution in [0.3, 0.4) is 0 Å². The topological polar surface area (TPSA) is 104 Å². The van der Waals surface area contributed by atoms with Crippen LogP contribution >= 0.6 is 0 Å². The van der Waals surface area contributed by atoms with E-state index in [1.54, 1.807) is 0 Å². The molecule has 2 aromatic rings. The summed E-state index contributed by atoms with van der Waals surface area (Å²) in [5.41, 5.74) is -0.221. The molecule has 0 saturated heterocycles. The van der Waals surface area contributed by atoms with Gasteiger partial charge in [-0.05, 0) is 12.1 Å². The zero-order valence-corrected chi connectivity index (χ0v) is 15.8. The summed E-state index contributed by atoms with van der Waals surface area (Å²) in [7, 11) is 0. The van der Waals surface area contributed by atoms with E-state index >= 15 is 0 Å². The number of fused-ring (bicyclic) bond motifs is 2.